The zero-order valence-corrected chi connectivity index (χ0v) is 19.5. The molecule has 2 fully saturated rings. The van der Waals surface area contributed by atoms with Crippen LogP contribution in [0.3, 0.4) is 0 Å². The minimum absolute atomic E-state index is 0.151. The molecule has 1 aromatic heterocycles. The van der Waals surface area contributed by atoms with E-state index in [0.29, 0.717) is 31.0 Å². The van der Waals surface area contributed by atoms with Crippen LogP contribution in [0.5, 0.6) is 0 Å². The van der Waals surface area contributed by atoms with Crippen molar-refractivity contribution in [3.63, 3.8) is 0 Å². The summed E-state index contributed by atoms with van der Waals surface area (Å²) in [5.74, 6) is 0.212. The van der Waals surface area contributed by atoms with Gasteiger partial charge in [-0.25, -0.2) is 14.4 Å². The zero-order chi connectivity index (χ0) is 22.8. The van der Waals surface area contributed by atoms with E-state index < -0.39 is 5.82 Å². The molecule has 2 aromatic rings. The third-order valence-electron chi connectivity index (χ3n) is 7.10. The second-order valence-electron chi connectivity index (χ2n) is 9.04. The van der Waals surface area contributed by atoms with E-state index in [9.17, 15) is 9.18 Å². The molecular formula is C25H29ClFN5O. The van der Waals surface area contributed by atoms with Crippen LogP contribution < -0.4 is 4.90 Å². The van der Waals surface area contributed by atoms with Crippen LogP contribution in [0.2, 0.25) is 5.02 Å². The van der Waals surface area contributed by atoms with Gasteiger partial charge in [-0.2, -0.15) is 0 Å². The Morgan fingerprint density at radius 1 is 1.09 bits per heavy atom. The van der Waals surface area contributed by atoms with Gasteiger partial charge in [0, 0.05) is 69.6 Å². The zero-order valence-electron chi connectivity index (χ0n) is 18.7. The number of fused-ring (bicyclic) bond motifs is 1. The molecule has 33 heavy (non-hydrogen) atoms. The molecule has 1 saturated heterocycles. The lowest BCUT2D eigenvalue weighted by atomic mass is 9.91. The molecule has 1 aliphatic carbocycles. The topological polar surface area (TPSA) is 52.6 Å². The SMILES string of the molecule is O=C(C=Cc1c(F)cccc1Cl)N1CCc2cnc(N3CCN(C4CCC4)CC3)nc2CC1. The number of amides is 1. The number of rotatable bonds is 4. The van der Waals surface area contributed by atoms with Crippen LogP contribution in [0.1, 0.15) is 36.1 Å². The molecule has 0 unspecified atom stereocenters. The van der Waals surface area contributed by atoms with E-state index in [0.717, 1.165) is 49.4 Å². The Morgan fingerprint density at radius 3 is 2.61 bits per heavy atom. The van der Waals surface area contributed by atoms with Gasteiger partial charge in [-0.1, -0.05) is 24.1 Å². The van der Waals surface area contributed by atoms with Gasteiger partial charge in [0.05, 0.1) is 10.7 Å². The summed E-state index contributed by atoms with van der Waals surface area (Å²) in [4.78, 5) is 29.0. The fourth-order valence-electron chi connectivity index (χ4n) is 4.81. The number of aromatic nitrogens is 2. The van der Waals surface area contributed by atoms with Crippen molar-refractivity contribution >= 4 is 29.5 Å². The van der Waals surface area contributed by atoms with Crippen molar-refractivity contribution in [2.24, 2.45) is 0 Å². The monoisotopic (exact) mass is 469 g/mol. The third kappa shape index (κ3) is 4.89. The predicted molar refractivity (Wildman–Crippen MR) is 128 cm³/mol. The summed E-state index contributed by atoms with van der Waals surface area (Å²) < 4.78 is 14.0. The van der Waals surface area contributed by atoms with Crippen LogP contribution in [0.25, 0.3) is 6.08 Å². The largest absolute Gasteiger partial charge is 0.338 e. The Balaban J connectivity index is 1.21. The van der Waals surface area contributed by atoms with Crippen LogP contribution in [0, 0.1) is 5.82 Å². The molecule has 1 amide bonds. The fourth-order valence-corrected chi connectivity index (χ4v) is 5.03. The number of carbonyl (C=O) groups excluding carboxylic acids is 1. The highest BCUT2D eigenvalue weighted by atomic mass is 35.5. The van der Waals surface area contributed by atoms with Crippen molar-refractivity contribution in [1.29, 1.82) is 0 Å². The average Bonchev–Trinajstić information content (AvgIpc) is 3.00. The first kappa shape index (κ1) is 22.3. The Kier molecular flexibility index (Phi) is 6.60. The number of nitrogens with zero attached hydrogens (tertiary/aromatic N) is 5. The maximum absolute atomic E-state index is 14.0. The van der Waals surface area contributed by atoms with Gasteiger partial charge < -0.3 is 9.80 Å². The molecular weight excluding hydrogens is 441 g/mol. The Morgan fingerprint density at radius 2 is 1.88 bits per heavy atom. The van der Waals surface area contributed by atoms with E-state index in [1.165, 1.54) is 37.5 Å². The van der Waals surface area contributed by atoms with Gasteiger partial charge in [0.15, 0.2) is 0 Å². The normalized spacial score (nSPS) is 19.9. The molecule has 174 valence electrons. The highest BCUT2D eigenvalue weighted by molar-refractivity contribution is 6.32. The Labute approximate surface area is 199 Å². The molecule has 3 heterocycles. The molecule has 1 aromatic carbocycles. The molecule has 6 nitrogen and oxygen atoms in total. The number of benzene rings is 1. The average molecular weight is 470 g/mol. The summed E-state index contributed by atoms with van der Waals surface area (Å²) in [5.41, 5.74) is 2.36. The number of hydrogen-bond acceptors (Lipinski definition) is 5. The van der Waals surface area contributed by atoms with Crippen LogP contribution in [0.15, 0.2) is 30.5 Å². The van der Waals surface area contributed by atoms with Crippen LogP contribution in [0.4, 0.5) is 10.3 Å². The quantitative estimate of drug-likeness (QED) is 0.640. The Bertz CT molecular complexity index is 1030. The molecule has 5 rings (SSSR count). The second-order valence-corrected chi connectivity index (χ2v) is 9.45. The van der Waals surface area contributed by atoms with Gasteiger partial charge in [-0.15, -0.1) is 0 Å². The highest BCUT2D eigenvalue weighted by Crippen LogP contribution is 2.26. The van der Waals surface area contributed by atoms with Gasteiger partial charge in [0.1, 0.15) is 5.82 Å². The first-order valence-electron chi connectivity index (χ1n) is 11.8. The highest BCUT2D eigenvalue weighted by Gasteiger charge is 2.29. The van der Waals surface area contributed by atoms with Crippen molar-refractivity contribution in [2.45, 2.75) is 38.1 Å². The van der Waals surface area contributed by atoms with E-state index in [2.05, 4.69) is 14.8 Å². The minimum Gasteiger partial charge on any atom is -0.338 e. The van der Waals surface area contributed by atoms with Crippen molar-refractivity contribution in [1.82, 2.24) is 19.8 Å². The molecule has 2 aliphatic heterocycles. The van der Waals surface area contributed by atoms with Crippen LogP contribution >= 0.6 is 11.6 Å². The molecule has 0 bridgehead atoms. The lowest BCUT2D eigenvalue weighted by Crippen LogP contribution is -2.52. The van der Waals surface area contributed by atoms with Crippen LogP contribution in [-0.4, -0.2) is 71.0 Å². The summed E-state index contributed by atoms with van der Waals surface area (Å²) in [5, 5.41) is 0.290. The van der Waals surface area contributed by atoms with Crippen LogP contribution in [-0.2, 0) is 17.6 Å². The van der Waals surface area contributed by atoms with E-state index >= 15 is 0 Å². The van der Waals surface area contributed by atoms with Crippen molar-refractivity contribution < 1.29 is 9.18 Å². The van der Waals surface area contributed by atoms with E-state index in [-0.39, 0.29) is 11.5 Å². The lowest BCUT2D eigenvalue weighted by Gasteiger charge is -2.43. The lowest BCUT2D eigenvalue weighted by molar-refractivity contribution is -0.125. The number of carbonyl (C=O) groups is 1. The molecule has 8 heteroatoms. The molecule has 0 atom stereocenters. The molecule has 3 aliphatic rings. The fraction of sp³-hybridized carbons (Fsp3) is 0.480. The summed E-state index contributed by atoms with van der Waals surface area (Å²) in [6, 6.07) is 5.28. The van der Waals surface area contributed by atoms with E-state index in [4.69, 9.17) is 16.6 Å². The maximum Gasteiger partial charge on any atom is 0.246 e. The standard InChI is InChI=1S/C25H29ClFN5O/c26-21-5-2-6-22(27)20(21)7-8-24(33)31-11-9-18-17-28-25(29-23(18)10-12-31)32-15-13-30(14-16-32)19-3-1-4-19/h2,5-8,17,19H,1,3-4,9-16H2. The smallest absolute Gasteiger partial charge is 0.246 e. The van der Waals surface area contributed by atoms with Gasteiger partial charge in [-0.3, -0.25) is 9.69 Å². The molecule has 0 spiro atoms. The summed E-state index contributed by atoms with van der Waals surface area (Å²) in [7, 11) is 0. The van der Waals surface area contributed by atoms with Gasteiger partial charge >= 0.3 is 0 Å². The Hall–Kier alpha value is -2.51. The first-order chi connectivity index (χ1) is 16.1. The van der Waals surface area contributed by atoms with E-state index in [1.54, 1.807) is 17.0 Å². The van der Waals surface area contributed by atoms with E-state index in [1.807, 2.05) is 6.20 Å². The number of anilines is 1. The van der Waals surface area contributed by atoms with Crippen molar-refractivity contribution in [2.75, 3.05) is 44.2 Å². The summed E-state index contributed by atoms with van der Waals surface area (Å²) in [6.07, 6.45) is 10.2. The number of hydrogen-bond donors (Lipinski definition) is 0. The second kappa shape index (κ2) is 9.77. The molecule has 1 saturated carbocycles. The predicted octanol–water partition coefficient (Wildman–Crippen LogP) is 3.58. The van der Waals surface area contributed by atoms with Crippen molar-refractivity contribution in [3.8, 4) is 0 Å². The minimum atomic E-state index is -0.439. The van der Waals surface area contributed by atoms with Crippen molar-refractivity contribution in [3.05, 3.63) is 58.1 Å². The first-order valence-corrected chi connectivity index (χ1v) is 12.2. The number of halogens is 2. The summed E-state index contributed by atoms with van der Waals surface area (Å²) in [6.45, 7) is 5.24. The van der Waals surface area contributed by atoms with Gasteiger partial charge in [0.25, 0.3) is 0 Å². The maximum atomic E-state index is 14.0. The summed E-state index contributed by atoms with van der Waals surface area (Å²) >= 11 is 6.06. The molecule has 0 N–H and O–H groups in total. The van der Waals surface area contributed by atoms with Gasteiger partial charge in [0.2, 0.25) is 11.9 Å². The molecule has 0 radical (unpaired) electrons. The van der Waals surface area contributed by atoms with Gasteiger partial charge in [-0.05, 0) is 43.0 Å². The third-order valence-corrected chi connectivity index (χ3v) is 7.43. The number of piperazine rings is 1.